The van der Waals surface area contributed by atoms with Crippen molar-refractivity contribution in [1.29, 1.82) is 0 Å². The lowest BCUT2D eigenvalue weighted by atomic mass is 9.99. The Morgan fingerprint density at radius 3 is 2.92 bits per heavy atom. The third-order valence-corrected chi connectivity index (χ3v) is 4.72. The third-order valence-electron chi connectivity index (χ3n) is 4.72. The first-order valence-electron chi connectivity index (χ1n) is 8.77. The zero-order valence-corrected chi connectivity index (χ0v) is 14.1. The van der Waals surface area contributed by atoms with Gasteiger partial charge in [-0.05, 0) is 49.2 Å². The van der Waals surface area contributed by atoms with Gasteiger partial charge in [0.1, 0.15) is 5.58 Å². The number of amides is 1. The maximum absolute atomic E-state index is 12.5. The summed E-state index contributed by atoms with van der Waals surface area (Å²) in [5.74, 6) is 0.792. The second-order valence-electron chi connectivity index (χ2n) is 6.62. The van der Waals surface area contributed by atoms with E-state index in [-0.39, 0.29) is 5.91 Å². The lowest BCUT2D eigenvalue weighted by Crippen LogP contribution is -2.35. The number of nitrogens with one attached hydrogen (secondary N) is 1. The standard InChI is InChI=1S/C20H22N2O3/c23-20(19-12-16-4-1-2-6-18(16)25-19)21-17-5-3-9-22(14-17)13-15-7-10-24-11-8-15/h1-6,9,12,15H,7-8,10-11,13-14H2,(H,21,23). The van der Waals surface area contributed by atoms with Gasteiger partial charge in [0.2, 0.25) is 0 Å². The Morgan fingerprint density at radius 2 is 2.08 bits per heavy atom. The zero-order chi connectivity index (χ0) is 17.1. The van der Waals surface area contributed by atoms with Gasteiger partial charge in [-0.25, -0.2) is 0 Å². The van der Waals surface area contributed by atoms with Gasteiger partial charge in [-0.2, -0.15) is 0 Å². The molecule has 0 radical (unpaired) electrons. The van der Waals surface area contributed by atoms with Gasteiger partial charge < -0.3 is 19.4 Å². The molecule has 0 spiro atoms. The Morgan fingerprint density at radius 1 is 1.24 bits per heavy atom. The quantitative estimate of drug-likeness (QED) is 0.929. The van der Waals surface area contributed by atoms with E-state index in [1.54, 1.807) is 6.07 Å². The summed E-state index contributed by atoms with van der Waals surface area (Å²) >= 11 is 0. The smallest absolute Gasteiger partial charge is 0.291 e. The Kier molecular flexibility index (Phi) is 4.57. The number of rotatable bonds is 4. The molecule has 130 valence electrons. The number of nitrogens with zero attached hydrogens (tertiary/aromatic N) is 1. The molecule has 0 aliphatic carbocycles. The van der Waals surface area contributed by atoms with Crippen LogP contribution in [0.15, 0.2) is 58.8 Å². The van der Waals surface area contributed by atoms with E-state index >= 15 is 0 Å². The van der Waals surface area contributed by atoms with Crippen LogP contribution in [0.2, 0.25) is 0 Å². The Balaban J connectivity index is 1.37. The van der Waals surface area contributed by atoms with Gasteiger partial charge in [0, 0.05) is 30.8 Å². The summed E-state index contributed by atoms with van der Waals surface area (Å²) in [4.78, 5) is 14.7. The molecule has 1 fully saturated rings. The van der Waals surface area contributed by atoms with Crippen molar-refractivity contribution in [3.8, 4) is 0 Å². The van der Waals surface area contributed by atoms with E-state index in [1.165, 1.54) is 0 Å². The molecule has 5 nitrogen and oxygen atoms in total. The maximum atomic E-state index is 12.5. The van der Waals surface area contributed by atoms with Gasteiger partial charge in [0.15, 0.2) is 5.76 Å². The van der Waals surface area contributed by atoms with Gasteiger partial charge >= 0.3 is 0 Å². The fourth-order valence-electron chi connectivity index (χ4n) is 3.37. The molecule has 2 aliphatic heterocycles. The van der Waals surface area contributed by atoms with Crippen molar-refractivity contribution in [1.82, 2.24) is 10.2 Å². The molecule has 1 amide bonds. The Hall–Kier alpha value is -2.53. The molecular weight excluding hydrogens is 316 g/mol. The summed E-state index contributed by atoms with van der Waals surface area (Å²) in [5, 5.41) is 3.91. The maximum Gasteiger partial charge on any atom is 0.291 e. The van der Waals surface area contributed by atoms with Crippen LogP contribution in [0.25, 0.3) is 11.0 Å². The first-order chi connectivity index (χ1) is 12.3. The molecule has 1 aromatic carbocycles. The minimum absolute atomic E-state index is 0.205. The fourth-order valence-corrected chi connectivity index (χ4v) is 3.37. The molecule has 1 N–H and O–H groups in total. The number of ether oxygens (including phenoxy) is 1. The van der Waals surface area contributed by atoms with Crippen LogP contribution in [0.5, 0.6) is 0 Å². The number of benzene rings is 1. The minimum Gasteiger partial charge on any atom is -0.451 e. The van der Waals surface area contributed by atoms with Crippen molar-refractivity contribution in [2.24, 2.45) is 5.92 Å². The molecule has 0 atom stereocenters. The molecule has 1 saturated heterocycles. The highest BCUT2D eigenvalue weighted by atomic mass is 16.5. The number of furan rings is 1. The highest BCUT2D eigenvalue weighted by molar-refractivity contribution is 5.97. The number of allylic oxidation sites excluding steroid dienone is 2. The molecule has 4 rings (SSSR count). The van der Waals surface area contributed by atoms with Crippen LogP contribution in [0.4, 0.5) is 0 Å². The van der Waals surface area contributed by atoms with E-state index in [2.05, 4.69) is 16.4 Å². The van der Waals surface area contributed by atoms with Gasteiger partial charge in [0.05, 0.1) is 6.54 Å². The van der Waals surface area contributed by atoms with Crippen LogP contribution >= 0.6 is 0 Å². The van der Waals surface area contributed by atoms with E-state index in [0.717, 1.165) is 49.3 Å². The van der Waals surface area contributed by atoms with Gasteiger partial charge in [-0.15, -0.1) is 0 Å². The van der Waals surface area contributed by atoms with Crippen LogP contribution in [-0.4, -0.2) is 37.1 Å². The molecule has 25 heavy (non-hydrogen) atoms. The second-order valence-corrected chi connectivity index (χ2v) is 6.62. The second kappa shape index (κ2) is 7.15. The molecule has 1 aromatic heterocycles. The summed E-state index contributed by atoms with van der Waals surface area (Å²) in [6.07, 6.45) is 8.23. The summed E-state index contributed by atoms with van der Waals surface area (Å²) < 4.78 is 11.1. The number of fused-ring (bicyclic) bond motifs is 1. The lowest BCUT2D eigenvalue weighted by molar-refractivity contribution is 0.0583. The van der Waals surface area contributed by atoms with Crippen molar-refractivity contribution in [3.63, 3.8) is 0 Å². The summed E-state index contributed by atoms with van der Waals surface area (Å²) in [5.41, 5.74) is 1.62. The number of carbonyl (C=O) groups excluding carboxylic acids is 1. The highest BCUT2D eigenvalue weighted by Gasteiger charge is 2.19. The minimum atomic E-state index is -0.205. The van der Waals surface area contributed by atoms with Crippen molar-refractivity contribution in [2.75, 3.05) is 26.3 Å². The number of para-hydroxylation sites is 1. The Bertz CT molecular complexity index is 782. The highest BCUT2D eigenvalue weighted by Crippen LogP contribution is 2.20. The van der Waals surface area contributed by atoms with E-state index in [4.69, 9.17) is 9.15 Å². The van der Waals surface area contributed by atoms with Crippen LogP contribution in [-0.2, 0) is 4.74 Å². The van der Waals surface area contributed by atoms with E-state index in [1.807, 2.05) is 36.4 Å². The van der Waals surface area contributed by atoms with Crippen LogP contribution < -0.4 is 5.32 Å². The monoisotopic (exact) mass is 338 g/mol. The summed E-state index contributed by atoms with van der Waals surface area (Å²) in [7, 11) is 0. The van der Waals surface area contributed by atoms with Crippen LogP contribution in [0.1, 0.15) is 23.4 Å². The van der Waals surface area contributed by atoms with Gasteiger partial charge in [0.25, 0.3) is 5.91 Å². The molecule has 3 heterocycles. The third kappa shape index (κ3) is 3.77. The average Bonchev–Trinajstić information content (AvgIpc) is 3.07. The first-order valence-corrected chi connectivity index (χ1v) is 8.77. The van der Waals surface area contributed by atoms with Gasteiger partial charge in [-0.3, -0.25) is 4.79 Å². The molecule has 5 heteroatoms. The normalized spacial score (nSPS) is 18.4. The number of hydrogen-bond acceptors (Lipinski definition) is 4. The topological polar surface area (TPSA) is 54.7 Å². The molecule has 2 aliphatic rings. The largest absolute Gasteiger partial charge is 0.451 e. The molecule has 0 bridgehead atoms. The molecular formula is C20H22N2O3. The lowest BCUT2D eigenvalue weighted by Gasteiger charge is -2.30. The van der Waals surface area contributed by atoms with Crippen LogP contribution in [0, 0.1) is 5.92 Å². The Labute approximate surface area is 146 Å². The SMILES string of the molecule is O=C(NC1=CC=CN(CC2CCOCC2)C1)c1cc2ccccc2o1. The van der Waals surface area contributed by atoms with E-state index < -0.39 is 0 Å². The van der Waals surface area contributed by atoms with E-state index in [0.29, 0.717) is 18.2 Å². The van der Waals surface area contributed by atoms with Crippen molar-refractivity contribution in [3.05, 3.63) is 60.1 Å². The van der Waals surface area contributed by atoms with E-state index in [9.17, 15) is 4.79 Å². The molecule has 2 aromatic rings. The van der Waals surface area contributed by atoms with Crippen molar-refractivity contribution < 1.29 is 13.9 Å². The summed E-state index contributed by atoms with van der Waals surface area (Å²) in [6, 6.07) is 9.42. The van der Waals surface area contributed by atoms with Crippen LogP contribution in [0.3, 0.4) is 0 Å². The zero-order valence-electron chi connectivity index (χ0n) is 14.1. The fraction of sp³-hybridized carbons (Fsp3) is 0.350. The average molecular weight is 338 g/mol. The van der Waals surface area contributed by atoms with Gasteiger partial charge in [-0.1, -0.05) is 18.2 Å². The predicted molar refractivity (Wildman–Crippen MR) is 96.0 cm³/mol. The molecule has 0 unspecified atom stereocenters. The number of hydrogen-bond donors (Lipinski definition) is 1. The molecule has 0 saturated carbocycles. The van der Waals surface area contributed by atoms with Crippen molar-refractivity contribution in [2.45, 2.75) is 12.8 Å². The predicted octanol–water partition coefficient (Wildman–Crippen LogP) is 3.30. The number of carbonyl (C=O) groups is 1. The summed E-state index contributed by atoms with van der Waals surface area (Å²) in [6.45, 7) is 3.42. The first kappa shape index (κ1) is 16.0. The van der Waals surface area contributed by atoms with Crippen molar-refractivity contribution >= 4 is 16.9 Å².